The van der Waals surface area contributed by atoms with Gasteiger partial charge in [-0.2, -0.15) is 5.26 Å². The van der Waals surface area contributed by atoms with Crippen molar-refractivity contribution in [3.8, 4) is 6.07 Å². The molecule has 0 fully saturated rings. The molecule has 0 spiro atoms. The van der Waals surface area contributed by atoms with Gasteiger partial charge in [-0.1, -0.05) is 0 Å². The lowest BCUT2D eigenvalue weighted by Gasteiger charge is -1.96. The molecule has 1 N–H and O–H groups in total. The summed E-state index contributed by atoms with van der Waals surface area (Å²) in [6.45, 7) is 3.64. The van der Waals surface area contributed by atoms with Gasteiger partial charge in [-0.25, -0.2) is 0 Å². The van der Waals surface area contributed by atoms with Crippen molar-refractivity contribution in [2.75, 3.05) is 0 Å². The Morgan fingerprint density at radius 1 is 1.62 bits per heavy atom. The molecule has 0 saturated heterocycles. The van der Waals surface area contributed by atoms with Gasteiger partial charge in [0.25, 0.3) is 0 Å². The lowest BCUT2D eigenvalue weighted by atomic mass is 10.1. The van der Waals surface area contributed by atoms with Crippen LogP contribution in [-0.2, 0) is 11.2 Å². The van der Waals surface area contributed by atoms with Gasteiger partial charge in [0.05, 0.1) is 6.42 Å². The molecule has 0 amide bonds. The number of hydrogen-bond acceptors (Lipinski definition) is 3. The first-order valence-corrected chi connectivity index (χ1v) is 4.58. The van der Waals surface area contributed by atoms with Crippen molar-refractivity contribution in [3.05, 3.63) is 20.9 Å². The molecule has 13 heavy (non-hydrogen) atoms. The standard InChI is InChI=1S/C9H9NO2S/c1-5-7(3-9(11)12)6(2)13-8(5)4-10/h3H2,1-2H3,(H,11,12). The van der Waals surface area contributed by atoms with E-state index in [0.717, 1.165) is 16.0 Å². The molecule has 0 saturated carbocycles. The average molecular weight is 195 g/mol. The second-order valence-electron chi connectivity index (χ2n) is 2.77. The minimum atomic E-state index is -0.853. The predicted octanol–water partition coefficient (Wildman–Crippen LogP) is 1.86. The Balaban J connectivity index is 3.15. The summed E-state index contributed by atoms with van der Waals surface area (Å²) >= 11 is 1.36. The van der Waals surface area contributed by atoms with Gasteiger partial charge >= 0.3 is 5.97 Å². The largest absolute Gasteiger partial charge is 0.481 e. The fourth-order valence-corrected chi connectivity index (χ4v) is 2.18. The summed E-state index contributed by atoms with van der Waals surface area (Å²) < 4.78 is 0. The van der Waals surface area contributed by atoms with Gasteiger partial charge in [0.1, 0.15) is 10.9 Å². The molecule has 0 atom stereocenters. The van der Waals surface area contributed by atoms with E-state index in [2.05, 4.69) is 6.07 Å². The molecular formula is C9H9NO2S. The third-order valence-corrected chi connectivity index (χ3v) is 3.06. The summed E-state index contributed by atoms with van der Waals surface area (Å²) in [7, 11) is 0. The number of carbonyl (C=O) groups is 1. The van der Waals surface area contributed by atoms with E-state index in [1.807, 2.05) is 6.92 Å². The van der Waals surface area contributed by atoms with Gasteiger partial charge in [0.2, 0.25) is 0 Å². The molecule has 0 aliphatic heterocycles. The van der Waals surface area contributed by atoms with Crippen molar-refractivity contribution in [1.29, 1.82) is 5.26 Å². The van der Waals surface area contributed by atoms with E-state index in [1.54, 1.807) is 6.92 Å². The number of rotatable bonds is 2. The highest BCUT2D eigenvalue weighted by Gasteiger charge is 2.13. The van der Waals surface area contributed by atoms with Crippen LogP contribution in [0.2, 0.25) is 0 Å². The van der Waals surface area contributed by atoms with Crippen LogP contribution >= 0.6 is 11.3 Å². The Bertz CT molecular complexity index is 387. The number of thiophene rings is 1. The van der Waals surface area contributed by atoms with Crippen molar-refractivity contribution in [1.82, 2.24) is 0 Å². The van der Waals surface area contributed by atoms with Crippen LogP contribution in [0.3, 0.4) is 0 Å². The summed E-state index contributed by atoms with van der Waals surface area (Å²) in [5.41, 5.74) is 1.60. The summed E-state index contributed by atoms with van der Waals surface area (Å²) in [5.74, 6) is -0.853. The average Bonchev–Trinajstić information content (AvgIpc) is 2.31. The van der Waals surface area contributed by atoms with Crippen LogP contribution in [0.15, 0.2) is 0 Å². The zero-order valence-electron chi connectivity index (χ0n) is 7.42. The smallest absolute Gasteiger partial charge is 0.307 e. The molecule has 1 aromatic heterocycles. The van der Waals surface area contributed by atoms with Crippen LogP contribution in [0.4, 0.5) is 0 Å². The highest BCUT2D eigenvalue weighted by atomic mass is 32.1. The second kappa shape index (κ2) is 3.58. The van der Waals surface area contributed by atoms with Crippen molar-refractivity contribution >= 4 is 17.3 Å². The van der Waals surface area contributed by atoms with Gasteiger partial charge in [-0.15, -0.1) is 11.3 Å². The van der Waals surface area contributed by atoms with Crippen molar-refractivity contribution in [3.63, 3.8) is 0 Å². The summed E-state index contributed by atoms with van der Waals surface area (Å²) in [4.78, 5) is 12.0. The Labute approximate surface area is 80.2 Å². The Kier molecular flexibility index (Phi) is 2.69. The van der Waals surface area contributed by atoms with Gasteiger partial charge in [0, 0.05) is 4.88 Å². The Morgan fingerprint density at radius 3 is 2.62 bits per heavy atom. The predicted molar refractivity (Wildman–Crippen MR) is 49.8 cm³/mol. The summed E-state index contributed by atoms with van der Waals surface area (Å²) in [5, 5.41) is 17.3. The van der Waals surface area contributed by atoms with Crippen LogP contribution in [0.5, 0.6) is 0 Å². The lowest BCUT2D eigenvalue weighted by molar-refractivity contribution is -0.136. The molecular weight excluding hydrogens is 186 g/mol. The fraction of sp³-hybridized carbons (Fsp3) is 0.333. The molecule has 1 rings (SSSR count). The van der Waals surface area contributed by atoms with Gasteiger partial charge in [-0.3, -0.25) is 4.79 Å². The van der Waals surface area contributed by atoms with Crippen molar-refractivity contribution in [2.24, 2.45) is 0 Å². The molecule has 0 aliphatic rings. The van der Waals surface area contributed by atoms with Crippen LogP contribution in [-0.4, -0.2) is 11.1 Å². The minimum absolute atomic E-state index is 0.00977. The highest BCUT2D eigenvalue weighted by Crippen LogP contribution is 2.26. The van der Waals surface area contributed by atoms with E-state index in [9.17, 15) is 4.79 Å². The first-order valence-electron chi connectivity index (χ1n) is 3.77. The van der Waals surface area contributed by atoms with Crippen molar-refractivity contribution < 1.29 is 9.90 Å². The summed E-state index contributed by atoms with van der Waals surface area (Å²) in [6.07, 6.45) is 0.00977. The number of nitriles is 1. The number of carboxylic acids is 1. The third kappa shape index (κ3) is 1.87. The Hall–Kier alpha value is -1.34. The number of aliphatic carboxylic acids is 1. The van der Waals surface area contributed by atoms with Gasteiger partial charge in [-0.05, 0) is 25.0 Å². The zero-order valence-corrected chi connectivity index (χ0v) is 8.23. The maximum absolute atomic E-state index is 10.5. The van der Waals surface area contributed by atoms with Crippen LogP contribution in [0, 0.1) is 25.2 Å². The Morgan fingerprint density at radius 2 is 2.23 bits per heavy atom. The van der Waals surface area contributed by atoms with Crippen LogP contribution < -0.4 is 0 Å². The van der Waals surface area contributed by atoms with E-state index >= 15 is 0 Å². The highest BCUT2D eigenvalue weighted by molar-refractivity contribution is 7.12. The minimum Gasteiger partial charge on any atom is -0.481 e. The van der Waals surface area contributed by atoms with Gasteiger partial charge in [0.15, 0.2) is 0 Å². The first kappa shape index (κ1) is 9.75. The molecule has 0 aromatic carbocycles. The van der Waals surface area contributed by atoms with E-state index in [0.29, 0.717) is 4.88 Å². The molecule has 68 valence electrons. The van der Waals surface area contributed by atoms with Crippen molar-refractivity contribution in [2.45, 2.75) is 20.3 Å². The van der Waals surface area contributed by atoms with E-state index in [-0.39, 0.29) is 6.42 Å². The number of hydrogen-bond donors (Lipinski definition) is 1. The normalized spacial score (nSPS) is 9.62. The molecule has 3 nitrogen and oxygen atoms in total. The SMILES string of the molecule is Cc1sc(C#N)c(C)c1CC(=O)O. The monoisotopic (exact) mass is 195 g/mol. The summed E-state index contributed by atoms with van der Waals surface area (Å²) in [6, 6.07) is 2.06. The lowest BCUT2D eigenvalue weighted by Crippen LogP contribution is -2.01. The number of nitrogens with zero attached hydrogens (tertiary/aromatic N) is 1. The molecule has 0 radical (unpaired) electrons. The molecule has 0 unspecified atom stereocenters. The zero-order chi connectivity index (χ0) is 10.0. The van der Waals surface area contributed by atoms with E-state index < -0.39 is 5.97 Å². The van der Waals surface area contributed by atoms with Crippen LogP contribution in [0.25, 0.3) is 0 Å². The molecule has 0 aliphatic carbocycles. The fourth-order valence-electron chi connectivity index (χ4n) is 1.21. The van der Waals surface area contributed by atoms with E-state index in [4.69, 9.17) is 10.4 Å². The first-order chi connectivity index (χ1) is 6.06. The quantitative estimate of drug-likeness (QED) is 0.783. The topological polar surface area (TPSA) is 61.1 Å². The van der Waals surface area contributed by atoms with Gasteiger partial charge < -0.3 is 5.11 Å². The van der Waals surface area contributed by atoms with E-state index in [1.165, 1.54) is 11.3 Å². The number of carboxylic acid groups (broad SMARTS) is 1. The molecule has 4 heteroatoms. The third-order valence-electron chi connectivity index (χ3n) is 1.90. The molecule has 0 bridgehead atoms. The molecule has 1 aromatic rings. The van der Waals surface area contributed by atoms with Crippen LogP contribution in [0.1, 0.15) is 20.9 Å². The molecule has 1 heterocycles. The number of aryl methyl sites for hydroxylation is 1. The maximum atomic E-state index is 10.5. The second-order valence-corrected chi connectivity index (χ2v) is 4.00. The maximum Gasteiger partial charge on any atom is 0.307 e.